The summed E-state index contributed by atoms with van der Waals surface area (Å²) in [7, 11) is -0.868. The molecule has 0 aliphatic heterocycles. The Labute approximate surface area is 151 Å². The molecular formula is C17H32F3NO3S. The van der Waals surface area contributed by atoms with Crippen LogP contribution in [0.2, 0.25) is 0 Å². The number of halogens is 3. The second-order valence-electron chi connectivity index (χ2n) is 7.20. The number of hydrogen-bond acceptors (Lipinski definition) is 3. The SMILES string of the molecule is CCCCCCCC[C@@H](C(=O)OC)[C@@H](N[S@](=O)C(C)(C)C)C(F)(F)F. The Balaban J connectivity index is 5.05. The third-order valence-electron chi connectivity index (χ3n) is 3.92. The second-order valence-corrected chi connectivity index (χ2v) is 9.20. The molecule has 4 nitrogen and oxygen atoms in total. The van der Waals surface area contributed by atoms with E-state index in [1.165, 1.54) is 0 Å². The van der Waals surface area contributed by atoms with Crippen LogP contribution in [-0.4, -0.2) is 34.3 Å². The number of carbonyl (C=O) groups excluding carboxylic acids is 1. The van der Waals surface area contributed by atoms with Crippen LogP contribution < -0.4 is 4.72 Å². The van der Waals surface area contributed by atoms with E-state index in [1.54, 1.807) is 20.8 Å². The summed E-state index contributed by atoms with van der Waals surface area (Å²) in [4.78, 5) is 11.9. The lowest BCUT2D eigenvalue weighted by molar-refractivity contribution is -0.178. The quantitative estimate of drug-likeness (QED) is 0.419. The van der Waals surface area contributed by atoms with E-state index >= 15 is 0 Å². The van der Waals surface area contributed by atoms with Gasteiger partial charge in [0.05, 0.1) is 28.8 Å². The maximum atomic E-state index is 13.5. The summed E-state index contributed by atoms with van der Waals surface area (Å²) in [6.45, 7) is 6.81. The molecule has 0 aromatic rings. The maximum absolute atomic E-state index is 13.5. The molecule has 0 bridgehead atoms. The largest absolute Gasteiger partial charge is 0.469 e. The first-order valence-corrected chi connectivity index (χ1v) is 9.92. The van der Waals surface area contributed by atoms with Crippen LogP contribution in [0.5, 0.6) is 0 Å². The molecule has 0 rings (SSSR count). The Bertz CT molecular complexity index is 422. The molecule has 0 saturated carbocycles. The number of methoxy groups -OCH3 is 1. The van der Waals surface area contributed by atoms with Crippen LogP contribution in [0.1, 0.15) is 72.6 Å². The van der Waals surface area contributed by atoms with Gasteiger partial charge in [-0.15, -0.1) is 0 Å². The van der Waals surface area contributed by atoms with Gasteiger partial charge in [-0.3, -0.25) is 4.79 Å². The van der Waals surface area contributed by atoms with Gasteiger partial charge >= 0.3 is 12.1 Å². The molecule has 25 heavy (non-hydrogen) atoms. The Morgan fingerprint density at radius 2 is 1.60 bits per heavy atom. The molecule has 0 aromatic heterocycles. The van der Waals surface area contributed by atoms with E-state index in [9.17, 15) is 22.2 Å². The van der Waals surface area contributed by atoms with Crippen molar-refractivity contribution in [1.82, 2.24) is 4.72 Å². The Kier molecular flexibility index (Phi) is 10.9. The highest BCUT2D eigenvalue weighted by molar-refractivity contribution is 7.84. The summed E-state index contributed by atoms with van der Waals surface area (Å²) in [5.41, 5.74) is 0. The highest BCUT2D eigenvalue weighted by Gasteiger charge is 2.49. The van der Waals surface area contributed by atoms with Crippen molar-refractivity contribution >= 4 is 17.0 Å². The smallest absolute Gasteiger partial charge is 0.405 e. The zero-order chi connectivity index (χ0) is 19.7. The Morgan fingerprint density at radius 1 is 1.08 bits per heavy atom. The molecule has 0 aromatic carbocycles. The van der Waals surface area contributed by atoms with Gasteiger partial charge in [0, 0.05) is 0 Å². The molecular weight excluding hydrogens is 355 g/mol. The van der Waals surface area contributed by atoms with Crippen LogP contribution in [0.15, 0.2) is 0 Å². The lowest BCUT2D eigenvalue weighted by atomic mass is 9.93. The Morgan fingerprint density at radius 3 is 2.04 bits per heavy atom. The third kappa shape index (κ3) is 9.58. The molecule has 1 N–H and O–H groups in total. The van der Waals surface area contributed by atoms with Gasteiger partial charge in [-0.1, -0.05) is 45.4 Å². The molecule has 0 radical (unpaired) electrons. The third-order valence-corrected chi connectivity index (χ3v) is 5.50. The normalized spacial score (nSPS) is 16.3. The molecule has 0 amide bonds. The topological polar surface area (TPSA) is 55.4 Å². The average Bonchev–Trinajstić information content (AvgIpc) is 2.49. The van der Waals surface area contributed by atoms with E-state index in [4.69, 9.17) is 0 Å². The molecule has 0 saturated heterocycles. The zero-order valence-corrected chi connectivity index (χ0v) is 16.7. The number of unbranched alkanes of at least 4 members (excludes halogenated alkanes) is 5. The number of esters is 1. The van der Waals surface area contributed by atoms with E-state index in [0.717, 1.165) is 39.2 Å². The van der Waals surface area contributed by atoms with Gasteiger partial charge in [0.2, 0.25) is 0 Å². The van der Waals surface area contributed by atoms with Crippen molar-refractivity contribution in [2.75, 3.05) is 7.11 Å². The molecule has 0 aliphatic rings. The van der Waals surface area contributed by atoms with Crippen molar-refractivity contribution in [3.8, 4) is 0 Å². The minimum Gasteiger partial charge on any atom is -0.469 e. The van der Waals surface area contributed by atoms with E-state index in [1.807, 2.05) is 0 Å². The van der Waals surface area contributed by atoms with E-state index in [2.05, 4.69) is 16.4 Å². The fourth-order valence-electron chi connectivity index (χ4n) is 2.39. The van der Waals surface area contributed by atoms with Crippen molar-refractivity contribution in [3.63, 3.8) is 0 Å². The standard InChI is InChI=1S/C17H32F3NO3S/c1-6-7-8-9-10-11-12-13(15(22)24-5)14(17(18,19)20)21-25(23)16(2,3)4/h13-14,21H,6-12H2,1-5H3/t13-,14-,25-/m1/s1. The van der Waals surface area contributed by atoms with E-state index in [0.29, 0.717) is 6.42 Å². The van der Waals surface area contributed by atoms with Gasteiger partial charge in [0.15, 0.2) is 0 Å². The first-order valence-electron chi connectivity index (χ1n) is 8.77. The molecule has 8 heteroatoms. The molecule has 0 fully saturated rings. The highest BCUT2D eigenvalue weighted by Crippen LogP contribution is 2.31. The molecule has 3 atom stereocenters. The van der Waals surface area contributed by atoms with Crippen molar-refractivity contribution < 1.29 is 26.9 Å². The van der Waals surface area contributed by atoms with Gasteiger partial charge < -0.3 is 4.74 Å². The van der Waals surface area contributed by atoms with Crippen LogP contribution in [0.4, 0.5) is 13.2 Å². The number of ether oxygens (including phenoxy) is 1. The Hall–Kier alpha value is -0.630. The van der Waals surface area contributed by atoms with Crippen molar-refractivity contribution in [1.29, 1.82) is 0 Å². The van der Waals surface area contributed by atoms with Gasteiger partial charge in [0.25, 0.3) is 0 Å². The number of nitrogens with one attached hydrogen (secondary N) is 1. The molecule has 0 unspecified atom stereocenters. The van der Waals surface area contributed by atoms with E-state index < -0.39 is 39.8 Å². The monoisotopic (exact) mass is 387 g/mol. The predicted molar refractivity (Wildman–Crippen MR) is 94.4 cm³/mol. The predicted octanol–water partition coefficient (Wildman–Crippen LogP) is 4.51. The summed E-state index contributed by atoms with van der Waals surface area (Å²) in [5.74, 6) is -2.32. The molecule has 0 heterocycles. The summed E-state index contributed by atoms with van der Waals surface area (Å²) in [5, 5.41) is 0. The lowest BCUT2D eigenvalue weighted by Gasteiger charge is -2.30. The summed E-state index contributed by atoms with van der Waals surface area (Å²) >= 11 is 0. The lowest BCUT2D eigenvalue weighted by Crippen LogP contribution is -2.53. The minimum atomic E-state index is -4.69. The summed E-state index contributed by atoms with van der Waals surface area (Å²) < 4.78 is 58.4. The average molecular weight is 388 g/mol. The minimum absolute atomic E-state index is 0.0529. The molecule has 0 spiro atoms. The van der Waals surface area contributed by atoms with Crippen LogP contribution in [0, 0.1) is 5.92 Å². The number of alkyl halides is 3. The van der Waals surface area contributed by atoms with Crippen LogP contribution in [0.3, 0.4) is 0 Å². The van der Waals surface area contributed by atoms with Crippen molar-refractivity contribution in [3.05, 3.63) is 0 Å². The zero-order valence-electron chi connectivity index (χ0n) is 15.9. The van der Waals surface area contributed by atoms with Gasteiger partial charge in [-0.25, -0.2) is 8.93 Å². The van der Waals surface area contributed by atoms with Crippen molar-refractivity contribution in [2.45, 2.75) is 89.6 Å². The fraction of sp³-hybridized carbons (Fsp3) is 0.941. The van der Waals surface area contributed by atoms with Crippen LogP contribution in [0.25, 0.3) is 0 Å². The molecule has 150 valence electrons. The number of rotatable bonds is 11. The molecule has 0 aliphatic carbocycles. The summed E-state index contributed by atoms with van der Waals surface area (Å²) in [6.07, 6.45) is 0.773. The number of hydrogen-bond donors (Lipinski definition) is 1. The first-order chi connectivity index (χ1) is 11.4. The highest BCUT2D eigenvalue weighted by atomic mass is 32.2. The first kappa shape index (κ1) is 24.4. The van der Waals surface area contributed by atoms with Crippen LogP contribution in [-0.2, 0) is 20.5 Å². The van der Waals surface area contributed by atoms with Crippen LogP contribution >= 0.6 is 0 Å². The summed E-state index contributed by atoms with van der Waals surface area (Å²) in [6, 6.07) is -2.18. The number of carbonyl (C=O) groups is 1. The second kappa shape index (κ2) is 11.2. The maximum Gasteiger partial charge on any atom is 0.405 e. The van der Waals surface area contributed by atoms with Crippen molar-refractivity contribution in [2.24, 2.45) is 5.92 Å². The van der Waals surface area contributed by atoms with E-state index in [-0.39, 0.29) is 6.42 Å². The fourth-order valence-corrected chi connectivity index (χ4v) is 3.27. The van der Waals surface area contributed by atoms with Gasteiger partial charge in [-0.2, -0.15) is 13.2 Å². The van der Waals surface area contributed by atoms with Gasteiger partial charge in [-0.05, 0) is 27.2 Å². The van der Waals surface area contributed by atoms with Gasteiger partial charge in [0.1, 0.15) is 6.04 Å².